The predicted octanol–water partition coefficient (Wildman–Crippen LogP) is 10.8. The average molecular weight is 595 g/mol. The molecule has 43 heavy (non-hydrogen) atoms. The summed E-state index contributed by atoms with van der Waals surface area (Å²) in [6.07, 6.45) is 0. The van der Waals surface area contributed by atoms with E-state index in [0.717, 1.165) is 27.8 Å². The van der Waals surface area contributed by atoms with E-state index in [1.807, 2.05) is 12.1 Å². The number of benzene rings is 4. The van der Waals surface area contributed by atoms with Crippen LogP contribution in [-0.4, -0.2) is 9.79 Å². The summed E-state index contributed by atoms with van der Waals surface area (Å²) in [5, 5.41) is 0.579. The van der Waals surface area contributed by atoms with E-state index in [2.05, 4.69) is 150 Å². The monoisotopic (exact) mass is 594 g/mol. The molecule has 4 rings (SSSR count). The van der Waals surface area contributed by atoms with Gasteiger partial charge in [0.25, 0.3) is 0 Å². The van der Waals surface area contributed by atoms with Gasteiger partial charge in [-0.05, 0) is 77.8 Å². The fourth-order valence-electron chi connectivity index (χ4n) is 5.88. The standard InChI is InChI=1S/C40H51O2P/c1-37(2,3)27-18-20-29(32(24-27)39(7,8)9)30-22-23-34(43(41)42)36(35(30)26-16-14-13-15-17-26)31-21-19-28(38(4,5)6)25-33(31)40(10,11)12/h13-25,41-42H,1-12H3. The first-order valence-corrected chi connectivity index (χ1v) is 16.7. The molecule has 0 atom stereocenters. The fourth-order valence-corrected chi connectivity index (χ4v) is 6.52. The van der Waals surface area contributed by atoms with Crippen molar-refractivity contribution in [2.24, 2.45) is 0 Å². The third-order valence-electron chi connectivity index (χ3n) is 8.41. The van der Waals surface area contributed by atoms with Gasteiger partial charge in [-0.1, -0.05) is 156 Å². The van der Waals surface area contributed by atoms with Crippen LogP contribution in [0.5, 0.6) is 0 Å². The molecule has 0 fully saturated rings. The molecule has 228 valence electrons. The predicted molar refractivity (Wildman–Crippen MR) is 189 cm³/mol. The molecule has 0 amide bonds. The van der Waals surface area contributed by atoms with E-state index in [0.29, 0.717) is 5.30 Å². The molecular formula is C40H51O2P. The molecule has 0 aromatic heterocycles. The summed E-state index contributed by atoms with van der Waals surface area (Å²) in [6.45, 7) is 27.1. The summed E-state index contributed by atoms with van der Waals surface area (Å²) < 4.78 is 0. The van der Waals surface area contributed by atoms with E-state index in [1.165, 1.54) is 27.8 Å². The largest absolute Gasteiger partial charge is 0.347 e. The zero-order valence-corrected chi connectivity index (χ0v) is 29.2. The quantitative estimate of drug-likeness (QED) is 0.231. The molecule has 0 saturated carbocycles. The summed E-state index contributed by atoms with van der Waals surface area (Å²) in [5.41, 5.74) is 11.1. The van der Waals surface area contributed by atoms with Crippen LogP contribution in [0.25, 0.3) is 33.4 Å². The van der Waals surface area contributed by atoms with Crippen molar-refractivity contribution in [3.05, 3.63) is 101 Å². The molecule has 0 heterocycles. The van der Waals surface area contributed by atoms with Gasteiger partial charge in [-0.2, -0.15) is 0 Å². The molecule has 2 N–H and O–H groups in total. The Morgan fingerprint density at radius 2 is 0.884 bits per heavy atom. The molecule has 0 unspecified atom stereocenters. The lowest BCUT2D eigenvalue weighted by molar-refractivity contribution is 0.497. The highest BCUT2D eigenvalue weighted by molar-refractivity contribution is 7.54. The maximum atomic E-state index is 10.9. The normalized spacial score (nSPS) is 13.1. The molecular weight excluding hydrogens is 543 g/mol. The molecule has 0 aliphatic heterocycles. The van der Waals surface area contributed by atoms with E-state index >= 15 is 0 Å². The first-order valence-electron chi connectivity index (χ1n) is 15.4. The molecule has 0 aliphatic rings. The lowest BCUT2D eigenvalue weighted by Crippen LogP contribution is -2.19. The van der Waals surface area contributed by atoms with Gasteiger partial charge in [0.1, 0.15) is 0 Å². The zero-order chi connectivity index (χ0) is 32.1. The van der Waals surface area contributed by atoms with Gasteiger partial charge in [-0.25, -0.2) is 0 Å². The van der Waals surface area contributed by atoms with Gasteiger partial charge in [-0.15, -0.1) is 0 Å². The zero-order valence-electron chi connectivity index (χ0n) is 28.3. The van der Waals surface area contributed by atoms with E-state index in [1.54, 1.807) is 0 Å². The van der Waals surface area contributed by atoms with Gasteiger partial charge in [0.15, 0.2) is 8.38 Å². The van der Waals surface area contributed by atoms with Crippen molar-refractivity contribution >= 4 is 13.7 Å². The Balaban J connectivity index is 2.23. The Morgan fingerprint density at radius 3 is 1.33 bits per heavy atom. The highest BCUT2D eigenvalue weighted by Crippen LogP contribution is 2.48. The Hall–Kier alpha value is -2.77. The molecule has 0 radical (unpaired) electrons. The van der Waals surface area contributed by atoms with Crippen LogP contribution in [0.3, 0.4) is 0 Å². The van der Waals surface area contributed by atoms with Crippen molar-refractivity contribution in [3.8, 4) is 33.4 Å². The van der Waals surface area contributed by atoms with Crippen molar-refractivity contribution in [3.63, 3.8) is 0 Å². The fraction of sp³-hybridized carbons (Fsp3) is 0.400. The topological polar surface area (TPSA) is 40.5 Å². The van der Waals surface area contributed by atoms with Crippen LogP contribution in [0.15, 0.2) is 78.9 Å². The van der Waals surface area contributed by atoms with Crippen LogP contribution in [0.4, 0.5) is 0 Å². The second kappa shape index (κ2) is 11.6. The van der Waals surface area contributed by atoms with Gasteiger partial charge < -0.3 is 9.79 Å². The van der Waals surface area contributed by atoms with Crippen LogP contribution in [0, 0.1) is 0 Å². The van der Waals surface area contributed by atoms with Crippen LogP contribution in [-0.2, 0) is 21.7 Å². The molecule has 0 bridgehead atoms. The van der Waals surface area contributed by atoms with Crippen LogP contribution in [0.1, 0.15) is 105 Å². The maximum absolute atomic E-state index is 10.9. The minimum absolute atomic E-state index is 0.0115. The lowest BCUT2D eigenvalue weighted by atomic mass is 9.74. The van der Waals surface area contributed by atoms with Gasteiger partial charge in [-0.3, -0.25) is 0 Å². The summed E-state index contributed by atoms with van der Waals surface area (Å²) >= 11 is 0. The smallest absolute Gasteiger partial charge is 0.200 e. The molecule has 0 spiro atoms. The summed E-state index contributed by atoms with van der Waals surface area (Å²) in [4.78, 5) is 21.8. The molecule has 0 aliphatic carbocycles. The number of hydrogen-bond donors (Lipinski definition) is 2. The second-order valence-electron chi connectivity index (χ2n) is 16.1. The van der Waals surface area contributed by atoms with Gasteiger partial charge >= 0.3 is 0 Å². The van der Waals surface area contributed by atoms with Gasteiger partial charge in [0, 0.05) is 10.9 Å². The van der Waals surface area contributed by atoms with E-state index in [9.17, 15) is 9.79 Å². The van der Waals surface area contributed by atoms with Crippen molar-refractivity contribution in [2.75, 3.05) is 0 Å². The summed E-state index contributed by atoms with van der Waals surface area (Å²) in [5.74, 6) is 0. The third-order valence-corrected chi connectivity index (χ3v) is 9.21. The van der Waals surface area contributed by atoms with Crippen LogP contribution < -0.4 is 5.30 Å². The van der Waals surface area contributed by atoms with Crippen molar-refractivity contribution in [1.29, 1.82) is 0 Å². The number of rotatable bonds is 4. The maximum Gasteiger partial charge on any atom is 0.200 e. The Labute approximate surface area is 262 Å². The van der Waals surface area contributed by atoms with Gasteiger partial charge in [0.05, 0.1) is 0 Å². The highest BCUT2D eigenvalue weighted by atomic mass is 31.2. The average Bonchev–Trinajstić information content (AvgIpc) is 2.90. The van der Waals surface area contributed by atoms with Crippen LogP contribution in [0.2, 0.25) is 0 Å². The van der Waals surface area contributed by atoms with Crippen molar-refractivity contribution in [2.45, 2.75) is 105 Å². The van der Waals surface area contributed by atoms with Crippen molar-refractivity contribution in [1.82, 2.24) is 0 Å². The highest BCUT2D eigenvalue weighted by Gasteiger charge is 2.30. The minimum Gasteiger partial charge on any atom is -0.347 e. The van der Waals surface area contributed by atoms with Crippen LogP contribution >= 0.6 is 8.38 Å². The molecule has 3 heteroatoms. The van der Waals surface area contributed by atoms with E-state index in [4.69, 9.17) is 0 Å². The Morgan fingerprint density at radius 1 is 0.442 bits per heavy atom. The molecule has 4 aromatic rings. The summed E-state index contributed by atoms with van der Waals surface area (Å²) in [7, 11) is -2.36. The second-order valence-corrected chi connectivity index (χ2v) is 17.1. The van der Waals surface area contributed by atoms with Gasteiger partial charge in [0.2, 0.25) is 0 Å². The lowest BCUT2D eigenvalue weighted by Gasteiger charge is -2.31. The number of hydrogen-bond acceptors (Lipinski definition) is 2. The summed E-state index contributed by atoms with van der Waals surface area (Å²) in [6, 6.07) is 28.2. The Bertz CT molecular complexity index is 1600. The van der Waals surface area contributed by atoms with E-state index in [-0.39, 0.29) is 21.7 Å². The molecule has 0 saturated heterocycles. The SMILES string of the molecule is CC(C)(C)c1ccc(-c2ccc(P(O)O)c(-c3ccc(C(C)(C)C)cc3C(C)(C)C)c2-c2ccccc2)c(C(C)(C)C)c1. The van der Waals surface area contributed by atoms with Crippen molar-refractivity contribution < 1.29 is 9.79 Å². The molecule has 2 nitrogen and oxygen atoms in total. The van der Waals surface area contributed by atoms with E-state index < -0.39 is 8.38 Å². The third kappa shape index (κ3) is 6.99. The first kappa shape index (κ1) is 33.1. The minimum atomic E-state index is -2.36. The Kier molecular flexibility index (Phi) is 8.96. The molecule has 4 aromatic carbocycles. The first-order chi connectivity index (χ1) is 19.7.